The Hall–Kier alpha value is -3.25. The third-order valence-electron chi connectivity index (χ3n) is 3.57. The average Bonchev–Trinajstić information content (AvgIpc) is 2.57. The monoisotopic (exact) mass is 307 g/mol. The van der Waals surface area contributed by atoms with Gasteiger partial charge in [-0.15, -0.1) is 0 Å². The van der Waals surface area contributed by atoms with E-state index in [-0.39, 0.29) is 22.6 Å². The molecule has 0 saturated carbocycles. The van der Waals surface area contributed by atoms with E-state index in [4.69, 9.17) is 11.6 Å². The van der Waals surface area contributed by atoms with Crippen LogP contribution in [0.2, 0.25) is 0 Å². The molecule has 0 heterocycles. The predicted octanol–water partition coefficient (Wildman–Crippen LogP) is 1.55. The summed E-state index contributed by atoms with van der Waals surface area (Å²) < 4.78 is 0. The number of hydrogen-bond donors (Lipinski definition) is 2. The molecule has 0 radical (unpaired) electrons. The molecule has 2 aromatic carbocycles. The van der Waals surface area contributed by atoms with Crippen molar-refractivity contribution in [2.75, 3.05) is 5.73 Å². The molecule has 0 saturated heterocycles. The molecular formula is C17H13N3O3. The maximum absolute atomic E-state index is 12.5. The number of Topliss-reactive ketones (excluding diaryl/α,β-unsaturated/α-hetero) is 1. The van der Waals surface area contributed by atoms with Crippen molar-refractivity contribution in [2.24, 2.45) is 5.84 Å². The van der Waals surface area contributed by atoms with Crippen LogP contribution in [0.15, 0.2) is 60.3 Å². The minimum absolute atomic E-state index is 0.157. The zero-order valence-corrected chi connectivity index (χ0v) is 12.0. The molecule has 4 N–H and O–H groups in total. The van der Waals surface area contributed by atoms with Crippen LogP contribution in [-0.4, -0.2) is 22.5 Å². The fourth-order valence-electron chi connectivity index (χ4n) is 2.35. The van der Waals surface area contributed by atoms with Crippen LogP contribution in [0.1, 0.15) is 31.1 Å². The number of amides is 1. The summed E-state index contributed by atoms with van der Waals surface area (Å²) in [6.07, 6.45) is 1.08. The van der Waals surface area contributed by atoms with E-state index in [1.54, 1.807) is 30.3 Å². The minimum atomic E-state index is -0.600. The second-order valence-electron chi connectivity index (χ2n) is 5.07. The number of benzene rings is 2. The lowest BCUT2D eigenvalue weighted by molar-refractivity contribution is 0.0766. The SMILES string of the molecule is Nc1ccc(C(=O)N(N)C2=CC(=O)c3ccccc3C2=O)cc1. The lowest BCUT2D eigenvalue weighted by Gasteiger charge is -2.22. The second-order valence-corrected chi connectivity index (χ2v) is 5.07. The Labute approximate surface area is 132 Å². The molecule has 1 aliphatic carbocycles. The zero-order valence-electron chi connectivity index (χ0n) is 12.0. The molecule has 0 bridgehead atoms. The van der Waals surface area contributed by atoms with Crippen LogP contribution in [0.25, 0.3) is 0 Å². The van der Waals surface area contributed by atoms with Gasteiger partial charge in [-0.05, 0) is 24.3 Å². The number of hydrogen-bond acceptors (Lipinski definition) is 5. The quantitative estimate of drug-likeness (QED) is 0.379. The first-order valence-corrected chi connectivity index (χ1v) is 6.83. The maximum Gasteiger partial charge on any atom is 0.272 e. The molecule has 0 aliphatic heterocycles. The Kier molecular flexibility index (Phi) is 3.51. The van der Waals surface area contributed by atoms with Crippen LogP contribution in [0.3, 0.4) is 0 Å². The van der Waals surface area contributed by atoms with E-state index >= 15 is 0 Å². The molecule has 0 spiro atoms. The number of anilines is 1. The minimum Gasteiger partial charge on any atom is -0.399 e. The van der Waals surface area contributed by atoms with Crippen molar-refractivity contribution >= 4 is 23.2 Å². The van der Waals surface area contributed by atoms with Gasteiger partial charge in [-0.25, -0.2) is 10.9 Å². The molecule has 2 aromatic rings. The fourth-order valence-corrected chi connectivity index (χ4v) is 2.35. The number of nitrogens with two attached hydrogens (primary N) is 2. The van der Waals surface area contributed by atoms with Gasteiger partial charge >= 0.3 is 0 Å². The number of ketones is 2. The molecule has 0 aromatic heterocycles. The van der Waals surface area contributed by atoms with Gasteiger partial charge in [0.1, 0.15) is 5.70 Å². The average molecular weight is 307 g/mol. The number of allylic oxidation sites excluding steroid dienone is 2. The first-order chi connectivity index (χ1) is 11.0. The molecule has 6 heteroatoms. The Bertz CT molecular complexity index is 854. The van der Waals surface area contributed by atoms with E-state index in [2.05, 4.69) is 0 Å². The molecule has 114 valence electrons. The van der Waals surface area contributed by atoms with Crippen molar-refractivity contribution in [1.29, 1.82) is 0 Å². The number of carbonyl (C=O) groups is 3. The van der Waals surface area contributed by atoms with Crippen molar-refractivity contribution in [2.45, 2.75) is 0 Å². The number of fused-ring (bicyclic) bond motifs is 1. The lowest BCUT2D eigenvalue weighted by Crippen LogP contribution is -2.41. The molecule has 1 aliphatic rings. The van der Waals surface area contributed by atoms with Crippen molar-refractivity contribution in [3.63, 3.8) is 0 Å². The number of nitrogen functional groups attached to an aromatic ring is 1. The van der Waals surface area contributed by atoms with Gasteiger partial charge in [-0.3, -0.25) is 14.4 Å². The van der Waals surface area contributed by atoms with E-state index in [1.807, 2.05) is 0 Å². The van der Waals surface area contributed by atoms with E-state index in [9.17, 15) is 14.4 Å². The van der Waals surface area contributed by atoms with Crippen molar-refractivity contribution < 1.29 is 14.4 Å². The maximum atomic E-state index is 12.5. The highest BCUT2D eigenvalue weighted by atomic mass is 16.2. The summed E-state index contributed by atoms with van der Waals surface area (Å²) in [6.45, 7) is 0. The van der Waals surface area contributed by atoms with Gasteiger partial charge in [0, 0.05) is 28.5 Å². The van der Waals surface area contributed by atoms with Gasteiger partial charge < -0.3 is 5.73 Å². The highest BCUT2D eigenvalue weighted by Gasteiger charge is 2.30. The predicted molar refractivity (Wildman–Crippen MR) is 84.4 cm³/mol. The fraction of sp³-hybridized carbons (Fsp3) is 0. The van der Waals surface area contributed by atoms with Gasteiger partial charge in [0.05, 0.1) is 0 Å². The van der Waals surface area contributed by atoms with Crippen LogP contribution in [0.4, 0.5) is 5.69 Å². The van der Waals surface area contributed by atoms with E-state index < -0.39 is 11.7 Å². The van der Waals surface area contributed by atoms with Crippen molar-refractivity contribution in [3.05, 3.63) is 77.0 Å². The van der Waals surface area contributed by atoms with Gasteiger partial charge in [-0.2, -0.15) is 0 Å². The van der Waals surface area contributed by atoms with Crippen molar-refractivity contribution in [3.8, 4) is 0 Å². The smallest absolute Gasteiger partial charge is 0.272 e. The molecule has 3 rings (SSSR count). The summed E-state index contributed by atoms with van der Waals surface area (Å²) >= 11 is 0. The number of nitrogens with zero attached hydrogens (tertiary/aromatic N) is 1. The van der Waals surface area contributed by atoms with Crippen LogP contribution in [0, 0.1) is 0 Å². The third-order valence-corrected chi connectivity index (χ3v) is 3.57. The largest absolute Gasteiger partial charge is 0.399 e. The Morgan fingerprint density at radius 1 is 0.913 bits per heavy atom. The molecule has 0 unspecified atom stereocenters. The second kappa shape index (κ2) is 5.51. The number of rotatable bonds is 2. The Morgan fingerprint density at radius 2 is 1.52 bits per heavy atom. The zero-order chi connectivity index (χ0) is 16.6. The molecular weight excluding hydrogens is 294 g/mol. The molecule has 6 nitrogen and oxygen atoms in total. The third kappa shape index (κ3) is 2.51. The summed E-state index contributed by atoms with van der Waals surface area (Å²) in [4.78, 5) is 37.0. The number of carbonyl (C=O) groups excluding carboxylic acids is 3. The normalized spacial score (nSPS) is 13.3. The first kappa shape index (κ1) is 14.7. The van der Waals surface area contributed by atoms with Gasteiger partial charge in [0.15, 0.2) is 5.78 Å². The van der Waals surface area contributed by atoms with Crippen LogP contribution >= 0.6 is 0 Å². The lowest BCUT2D eigenvalue weighted by atomic mass is 9.92. The van der Waals surface area contributed by atoms with Gasteiger partial charge in [0.25, 0.3) is 5.91 Å². The molecule has 0 atom stereocenters. The Morgan fingerprint density at radius 3 is 2.17 bits per heavy atom. The summed E-state index contributed by atoms with van der Waals surface area (Å²) in [5, 5.41) is 0.696. The van der Waals surface area contributed by atoms with Crippen molar-refractivity contribution in [1.82, 2.24) is 5.01 Å². The summed E-state index contributed by atoms with van der Waals surface area (Å²) in [5.74, 6) is 4.35. The summed E-state index contributed by atoms with van der Waals surface area (Å²) in [7, 11) is 0. The van der Waals surface area contributed by atoms with E-state index in [0.29, 0.717) is 16.3 Å². The van der Waals surface area contributed by atoms with E-state index in [0.717, 1.165) is 6.08 Å². The van der Waals surface area contributed by atoms with Gasteiger partial charge in [-0.1, -0.05) is 24.3 Å². The topological polar surface area (TPSA) is 106 Å². The summed E-state index contributed by atoms with van der Waals surface area (Å²) in [5.41, 5.74) is 6.72. The summed E-state index contributed by atoms with van der Waals surface area (Å²) in [6, 6.07) is 12.5. The van der Waals surface area contributed by atoms with Crippen LogP contribution in [0.5, 0.6) is 0 Å². The van der Waals surface area contributed by atoms with Gasteiger partial charge in [0.2, 0.25) is 5.78 Å². The molecule has 1 amide bonds. The first-order valence-electron chi connectivity index (χ1n) is 6.83. The van der Waals surface area contributed by atoms with Crippen LogP contribution in [-0.2, 0) is 0 Å². The highest BCUT2D eigenvalue weighted by Crippen LogP contribution is 2.23. The number of hydrazine groups is 1. The van der Waals surface area contributed by atoms with Crippen LogP contribution < -0.4 is 11.6 Å². The Balaban J connectivity index is 1.95. The highest BCUT2D eigenvalue weighted by molar-refractivity contribution is 6.25. The standard InChI is InChI=1S/C17H13N3O3/c18-11-7-5-10(6-8-11)17(23)20(19)14-9-15(21)12-3-1-2-4-13(12)16(14)22/h1-9H,18-19H2. The van der Waals surface area contributed by atoms with E-state index in [1.165, 1.54) is 18.2 Å². The molecule has 23 heavy (non-hydrogen) atoms. The molecule has 0 fully saturated rings.